The third-order valence-corrected chi connectivity index (χ3v) is 6.94. The zero-order valence-electron chi connectivity index (χ0n) is 16.0. The van der Waals surface area contributed by atoms with Gasteiger partial charge in [0.2, 0.25) is 5.91 Å². The van der Waals surface area contributed by atoms with E-state index in [1.165, 1.54) is 27.0 Å². The van der Waals surface area contributed by atoms with Crippen molar-refractivity contribution >= 4 is 28.6 Å². The van der Waals surface area contributed by atoms with Gasteiger partial charge in [-0.3, -0.25) is 4.79 Å². The molecule has 1 aliphatic heterocycles. The second-order valence-electron chi connectivity index (χ2n) is 7.42. The number of aromatic amines is 1. The highest BCUT2D eigenvalue weighted by Crippen LogP contribution is 2.37. The van der Waals surface area contributed by atoms with Crippen LogP contribution in [0.1, 0.15) is 22.6 Å². The number of hydrogen-bond donors (Lipinski definition) is 2. The van der Waals surface area contributed by atoms with Gasteiger partial charge >= 0.3 is 0 Å². The van der Waals surface area contributed by atoms with E-state index in [9.17, 15) is 4.79 Å². The quantitative estimate of drug-likeness (QED) is 0.489. The number of thioether (sulfide) groups is 1. The lowest BCUT2D eigenvalue weighted by molar-refractivity contribution is -0.120. The Bertz CT molecular complexity index is 1130. The van der Waals surface area contributed by atoms with Gasteiger partial charge in [0, 0.05) is 34.5 Å². The van der Waals surface area contributed by atoms with E-state index >= 15 is 0 Å². The molecule has 2 N–H and O–H groups in total. The molecule has 5 rings (SSSR count). The molecule has 0 aliphatic carbocycles. The van der Waals surface area contributed by atoms with Crippen molar-refractivity contribution in [1.29, 1.82) is 0 Å². The number of aromatic nitrogens is 1. The van der Waals surface area contributed by atoms with E-state index in [1.54, 1.807) is 11.8 Å². The smallest absolute Gasteiger partial charge is 0.233 e. The molecule has 2 heterocycles. The molecule has 0 fully saturated rings. The Morgan fingerprint density at radius 1 is 1.00 bits per heavy atom. The van der Waals surface area contributed by atoms with Gasteiger partial charge in [-0.05, 0) is 35.2 Å². The highest BCUT2D eigenvalue weighted by Gasteiger charge is 2.28. The number of H-pyrrole nitrogens is 1. The summed E-state index contributed by atoms with van der Waals surface area (Å²) in [5, 5.41) is 4.39. The fraction of sp³-hybridized carbons (Fsp3) is 0.160. The number of hydrogen-bond acceptors (Lipinski definition) is 2. The average molecular weight is 399 g/mol. The Morgan fingerprint density at radius 3 is 2.62 bits per heavy atom. The maximum Gasteiger partial charge on any atom is 0.233 e. The molecule has 0 saturated heterocycles. The summed E-state index contributed by atoms with van der Waals surface area (Å²) in [6, 6.07) is 27.1. The first-order valence-corrected chi connectivity index (χ1v) is 10.8. The molecule has 0 radical (unpaired) electrons. The van der Waals surface area contributed by atoms with E-state index in [1.807, 2.05) is 24.3 Å². The summed E-state index contributed by atoms with van der Waals surface area (Å²) in [6.45, 7) is 0.581. The summed E-state index contributed by atoms with van der Waals surface area (Å²) in [6.07, 6.45) is 2.88. The molecule has 0 saturated carbocycles. The predicted octanol–water partition coefficient (Wildman–Crippen LogP) is 5.13. The van der Waals surface area contributed by atoms with E-state index in [4.69, 9.17) is 0 Å². The number of rotatable bonds is 5. The van der Waals surface area contributed by atoms with Crippen LogP contribution in [0.25, 0.3) is 10.9 Å². The third-order valence-electron chi connectivity index (χ3n) is 5.62. The molecule has 144 valence electrons. The van der Waals surface area contributed by atoms with Crippen molar-refractivity contribution in [3.05, 3.63) is 102 Å². The van der Waals surface area contributed by atoms with Gasteiger partial charge in [-0.2, -0.15) is 0 Å². The molecular weight excluding hydrogens is 376 g/mol. The molecule has 2 atom stereocenters. The second-order valence-corrected chi connectivity index (χ2v) is 8.66. The lowest BCUT2D eigenvalue weighted by Crippen LogP contribution is -2.35. The third kappa shape index (κ3) is 3.56. The molecule has 3 nitrogen and oxygen atoms in total. The number of benzene rings is 3. The fourth-order valence-corrected chi connectivity index (χ4v) is 5.34. The number of carbonyl (C=O) groups is 1. The van der Waals surface area contributed by atoms with Crippen molar-refractivity contribution in [2.75, 3.05) is 6.54 Å². The van der Waals surface area contributed by atoms with Gasteiger partial charge in [0.1, 0.15) is 0 Å². The molecule has 1 amide bonds. The summed E-state index contributed by atoms with van der Waals surface area (Å²) in [5.74, 6) is 0.219. The monoisotopic (exact) mass is 398 g/mol. The van der Waals surface area contributed by atoms with Gasteiger partial charge in [0.15, 0.2) is 0 Å². The van der Waals surface area contributed by atoms with Crippen LogP contribution in [-0.2, 0) is 11.2 Å². The highest BCUT2D eigenvalue weighted by molar-refractivity contribution is 8.01. The van der Waals surface area contributed by atoms with Crippen molar-refractivity contribution in [3.8, 4) is 0 Å². The summed E-state index contributed by atoms with van der Waals surface area (Å²) in [5.41, 5.74) is 4.82. The van der Waals surface area contributed by atoms with Crippen LogP contribution in [0.15, 0.2) is 90.0 Å². The molecule has 1 aliphatic rings. The van der Waals surface area contributed by atoms with Crippen molar-refractivity contribution in [3.63, 3.8) is 0 Å². The topological polar surface area (TPSA) is 44.9 Å². The Morgan fingerprint density at radius 2 is 1.76 bits per heavy atom. The van der Waals surface area contributed by atoms with Crippen LogP contribution in [0, 0.1) is 0 Å². The summed E-state index contributed by atoms with van der Waals surface area (Å²) >= 11 is 1.67. The number of para-hydroxylation sites is 1. The fourth-order valence-electron chi connectivity index (χ4n) is 4.12. The van der Waals surface area contributed by atoms with Crippen LogP contribution >= 0.6 is 11.8 Å². The molecule has 29 heavy (non-hydrogen) atoms. The lowest BCUT2D eigenvalue weighted by Gasteiger charge is -2.19. The summed E-state index contributed by atoms with van der Waals surface area (Å²) < 4.78 is 0. The zero-order valence-corrected chi connectivity index (χ0v) is 16.8. The van der Waals surface area contributed by atoms with Crippen LogP contribution in [0.4, 0.5) is 0 Å². The molecule has 1 aromatic heterocycles. The first-order chi connectivity index (χ1) is 14.3. The summed E-state index contributed by atoms with van der Waals surface area (Å²) in [4.78, 5) is 17.5. The van der Waals surface area contributed by atoms with Gasteiger partial charge in [-0.1, -0.05) is 66.7 Å². The van der Waals surface area contributed by atoms with E-state index in [0.717, 1.165) is 11.9 Å². The van der Waals surface area contributed by atoms with Crippen LogP contribution in [-0.4, -0.2) is 22.7 Å². The van der Waals surface area contributed by atoms with E-state index < -0.39 is 0 Å². The van der Waals surface area contributed by atoms with E-state index in [0.29, 0.717) is 6.54 Å². The van der Waals surface area contributed by atoms with Crippen LogP contribution in [0.5, 0.6) is 0 Å². The van der Waals surface area contributed by atoms with Gasteiger partial charge in [-0.15, -0.1) is 11.8 Å². The van der Waals surface area contributed by atoms with E-state index in [2.05, 4.69) is 71.1 Å². The van der Waals surface area contributed by atoms with E-state index in [-0.39, 0.29) is 17.1 Å². The number of fused-ring (bicyclic) bond motifs is 2. The largest absolute Gasteiger partial charge is 0.361 e. The Labute approximate surface area is 174 Å². The van der Waals surface area contributed by atoms with Gasteiger partial charge < -0.3 is 10.3 Å². The second kappa shape index (κ2) is 7.80. The number of carbonyl (C=O) groups excluding carboxylic acids is 1. The van der Waals surface area contributed by atoms with Crippen molar-refractivity contribution in [2.24, 2.45) is 0 Å². The van der Waals surface area contributed by atoms with Crippen LogP contribution in [0.3, 0.4) is 0 Å². The average Bonchev–Trinajstić information content (AvgIpc) is 3.39. The maximum atomic E-state index is 12.9. The number of nitrogens with one attached hydrogen (secondary N) is 2. The van der Waals surface area contributed by atoms with Gasteiger partial charge in [0.05, 0.1) is 5.25 Å². The minimum atomic E-state index is -0.0493. The molecule has 0 spiro atoms. The minimum Gasteiger partial charge on any atom is -0.361 e. The minimum absolute atomic E-state index is 0.0493. The van der Waals surface area contributed by atoms with Gasteiger partial charge in [0.25, 0.3) is 0 Å². The molecule has 3 aromatic carbocycles. The predicted molar refractivity (Wildman–Crippen MR) is 119 cm³/mol. The maximum absolute atomic E-state index is 12.9. The normalized spacial score (nSPS) is 16.5. The molecule has 4 heteroatoms. The lowest BCUT2D eigenvalue weighted by atomic mass is 9.91. The van der Waals surface area contributed by atoms with Crippen molar-refractivity contribution < 1.29 is 4.79 Å². The Kier molecular flexibility index (Phi) is 4.86. The van der Waals surface area contributed by atoms with Crippen molar-refractivity contribution in [1.82, 2.24) is 10.3 Å². The van der Waals surface area contributed by atoms with Gasteiger partial charge in [-0.25, -0.2) is 0 Å². The Balaban J connectivity index is 1.38. The molecule has 2 unspecified atom stereocenters. The Hall–Kier alpha value is -2.98. The molecule has 4 aromatic rings. The highest BCUT2D eigenvalue weighted by atomic mass is 32.2. The first-order valence-electron chi connectivity index (χ1n) is 9.93. The van der Waals surface area contributed by atoms with Crippen LogP contribution in [0.2, 0.25) is 0 Å². The zero-order chi connectivity index (χ0) is 19.6. The van der Waals surface area contributed by atoms with Crippen LogP contribution < -0.4 is 5.32 Å². The molecular formula is C25H22N2OS. The standard InChI is InChI=1S/C25H22N2OS/c28-25(24-14-18-10-4-7-13-23(18)29-24)27-15-20(17-8-2-1-3-9-17)21-16-26-22-12-6-5-11-19(21)22/h1-13,16,20,24,26H,14-15H2,(H,27,28). The summed E-state index contributed by atoms with van der Waals surface area (Å²) in [7, 11) is 0. The van der Waals surface area contributed by atoms with Crippen molar-refractivity contribution in [2.45, 2.75) is 22.5 Å². The number of amides is 1. The first kappa shape index (κ1) is 18.1. The SMILES string of the molecule is O=C(NCC(c1ccccc1)c1c[nH]c2ccccc12)C1Cc2ccccc2S1. The molecule has 0 bridgehead atoms.